The van der Waals surface area contributed by atoms with E-state index in [2.05, 4.69) is 27.3 Å². The summed E-state index contributed by atoms with van der Waals surface area (Å²) in [5.41, 5.74) is 7.93. The SMILES string of the molecule is COc1ccc(CN2CCC(CNc3ccncc3C(N)=O)CC2)cc1. The number of nitrogens with zero attached hydrogens (tertiary/aromatic N) is 2. The number of rotatable bonds is 7. The van der Waals surface area contributed by atoms with Crippen molar-refractivity contribution >= 4 is 11.6 Å². The van der Waals surface area contributed by atoms with Crippen LogP contribution in [0.15, 0.2) is 42.7 Å². The van der Waals surface area contributed by atoms with Gasteiger partial charge in [-0.25, -0.2) is 0 Å². The van der Waals surface area contributed by atoms with E-state index in [1.807, 2.05) is 12.1 Å². The van der Waals surface area contributed by atoms with Gasteiger partial charge < -0.3 is 15.8 Å². The number of primary amides is 1. The molecule has 1 aromatic heterocycles. The lowest BCUT2D eigenvalue weighted by atomic mass is 9.96. The first-order chi connectivity index (χ1) is 12.7. The Hall–Kier alpha value is -2.60. The molecule has 0 aliphatic carbocycles. The minimum atomic E-state index is -0.449. The van der Waals surface area contributed by atoms with Crippen LogP contribution in [0.3, 0.4) is 0 Å². The number of likely N-dealkylation sites (tertiary alicyclic amines) is 1. The Labute approximate surface area is 154 Å². The van der Waals surface area contributed by atoms with Crippen LogP contribution in [0.4, 0.5) is 5.69 Å². The topological polar surface area (TPSA) is 80.5 Å². The number of aromatic nitrogens is 1. The molecular formula is C20H26N4O2. The molecule has 0 spiro atoms. The Morgan fingerprint density at radius 2 is 2.00 bits per heavy atom. The van der Waals surface area contributed by atoms with Gasteiger partial charge in [-0.15, -0.1) is 0 Å². The molecule has 3 N–H and O–H groups in total. The molecule has 1 fully saturated rings. The zero-order chi connectivity index (χ0) is 18.4. The molecule has 0 unspecified atom stereocenters. The number of hydrogen-bond donors (Lipinski definition) is 2. The third-order valence-corrected chi connectivity index (χ3v) is 4.94. The maximum absolute atomic E-state index is 11.5. The molecule has 2 heterocycles. The number of piperidine rings is 1. The van der Waals surface area contributed by atoms with Crippen LogP contribution in [0.5, 0.6) is 5.75 Å². The molecule has 6 nitrogen and oxygen atoms in total. The summed E-state index contributed by atoms with van der Waals surface area (Å²) in [5.74, 6) is 1.04. The van der Waals surface area contributed by atoms with Gasteiger partial charge in [0.05, 0.1) is 18.4 Å². The fraction of sp³-hybridized carbons (Fsp3) is 0.400. The van der Waals surface area contributed by atoms with Crippen LogP contribution in [-0.2, 0) is 6.54 Å². The van der Waals surface area contributed by atoms with Crippen molar-refractivity contribution in [1.82, 2.24) is 9.88 Å². The summed E-state index contributed by atoms with van der Waals surface area (Å²) in [6.07, 6.45) is 5.47. The van der Waals surface area contributed by atoms with Gasteiger partial charge in [0.1, 0.15) is 5.75 Å². The summed E-state index contributed by atoms with van der Waals surface area (Å²) in [6.45, 7) is 3.98. The number of carbonyl (C=O) groups excluding carboxylic acids is 1. The van der Waals surface area contributed by atoms with Gasteiger partial charge in [0.25, 0.3) is 5.91 Å². The molecule has 0 radical (unpaired) electrons. The lowest BCUT2D eigenvalue weighted by molar-refractivity contribution is 0.100. The highest BCUT2D eigenvalue weighted by atomic mass is 16.5. The highest BCUT2D eigenvalue weighted by Crippen LogP contribution is 2.21. The monoisotopic (exact) mass is 354 g/mol. The van der Waals surface area contributed by atoms with Crippen molar-refractivity contribution in [3.63, 3.8) is 0 Å². The zero-order valence-corrected chi connectivity index (χ0v) is 15.1. The molecule has 138 valence electrons. The Balaban J connectivity index is 1.46. The van der Waals surface area contributed by atoms with Crippen molar-refractivity contribution in [2.75, 3.05) is 32.1 Å². The lowest BCUT2D eigenvalue weighted by Gasteiger charge is -2.32. The minimum absolute atomic E-state index is 0.449. The molecule has 1 aliphatic rings. The van der Waals surface area contributed by atoms with E-state index in [1.165, 1.54) is 11.8 Å². The van der Waals surface area contributed by atoms with Crippen LogP contribution in [0, 0.1) is 5.92 Å². The summed E-state index contributed by atoms with van der Waals surface area (Å²) in [5, 5.41) is 3.37. The van der Waals surface area contributed by atoms with Gasteiger partial charge in [0.2, 0.25) is 0 Å². The van der Waals surface area contributed by atoms with Crippen LogP contribution < -0.4 is 15.8 Å². The summed E-state index contributed by atoms with van der Waals surface area (Å²) in [6, 6.07) is 10.1. The van der Waals surface area contributed by atoms with Gasteiger partial charge in [-0.3, -0.25) is 14.7 Å². The van der Waals surface area contributed by atoms with Crippen LogP contribution in [0.25, 0.3) is 0 Å². The zero-order valence-electron chi connectivity index (χ0n) is 15.1. The number of benzene rings is 1. The molecule has 3 rings (SSSR count). The normalized spacial score (nSPS) is 15.6. The number of anilines is 1. The maximum Gasteiger partial charge on any atom is 0.252 e. The highest BCUT2D eigenvalue weighted by Gasteiger charge is 2.19. The van der Waals surface area contributed by atoms with E-state index in [0.717, 1.165) is 50.5 Å². The van der Waals surface area contributed by atoms with E-state index in [1.54, 1.807) is 19.4 Å². The van der Waals surface area contributed by atoms with Gasteiger partial charge >= 0.3 is 0 Å². The van der Waals surface area contributed by atoms with Gasteiger partial charge in [0.15, 0.2) is 0 Å². The van der Waals surface area contributed by atoms with Crippen molar-refractivity contribution in [1.29, 1.82) is 0 Å². The number of nitrogens with two attached hydrogens (primary N) is 1. The fourth-order valence-corrected chi connectivity index (χ4v) is 3.34. The molecule has 0 saturated carbocycles. The Morgan fingerprint density at radius 1 is 1.27 bits per heavy atom. The molecule has 1 saturated heterocycles. The standard InChI is InChI=1S/C20H26N4O2/c1-26-17-4-2-16(3-5-17)14-24-10-7-15(8-11-24)12-23-19-6-9-22-13-18(19)20(21)25/h2-6,9,13,15H,7-8,10-12,14H2,1H3,(H2,21,25)(H,22,23). The number of methoxy groups -OCH3 is 1. The van der Waals surface area contributed by atoms with Crippen LogP contribution >= 0.6 is 0 Å². The predicted octanol–water partition coefficient (Wildman–Crippen LogP) is 2.51. The molecular weight excluding hydrogens is 328 g/mol. The lowest BCUT2D eigenvalue weighted by Crippen LogP contribution is -2.35. The number of ether oxygens (including phenoxy) is 1. The van der Waals surface area contributed by atoms with E-state index in [9.17, 15) is 4.79 Å². The quantitative estimate of drug-likeness (QED) is 0.798. The molecule has 2 aromatic rings. The van der Waals surface area contributed by atoms with E-state index < -0.39 is 5.91 Å². The third-order valence-electron chi connectivity index (χ3n) is 4.94. The number of amides is 1. The first-order valence-corrected chi connectivity index (χ1v) is 8.98. The second-order valence-corrected chi connectivity index (χ2v) is 6.73. The minimum Gasteiger partial charge on any atom is -0.497 e. The Morgan fingerprint density at radius 3 is 2.65 bits per heavy atom. The number of carbonyl (C=O) groups is 1. The van der Waals surface area contributed by atoms with Crippen molar-refractivity contribution < 1.29 is 9.53 Å². The van der Waals surface area contributed by atoms with E-state index in [-0.39, 0.29) is 0 Å². The van der Waals surface area contributed by atoms with E-state index >= 15 is 0 Å². The largest absolute Gasteiger partial charge is 0.497 e. The Bertz CT molecular complexity index is 725. The first kappa shape index (κ1) is 18.2. The van der Waals surface area contributed by atoms with Gasteiger partial charge in [-0.2, -0.15) is 0 Å². The number of hydrogen-bond acceptors (Lipinski definition) is 5. The second-order valence-electron chi connectivity index (χ2n) is 6.73. The summed E-state index contributed by atoms with van der Waals surface area (Å²) >= 11 is 0. The van der Waals surface area contributed by atoms with Gasteiger partial charge in [0, 0.05) is 25.5 Å². The molecule has 6 heteroatoms. The summed E-state index contributed by atoms with van der Waals surface area (Å²) < 4.78 is 5.21. The third kappa shape index (κ3) is 4.73. The fourth-order valence-electron chi connectivity index (χ4n) is 3.34. The smallest absolute Gasteiger partial charge is 0.252 e. The number of nitrogens with one attached hydrogen (secondary N) is 1. The van der Waals surface area contributed by atoms with Gasteiger partial charge in [-0.1, -0.05) is 12.1 Å². The molecule has 26 heavy (non-hydrogen) atoms. The van der Waals surface area contributed by atoms with E-state index in [0.29, 0.717) is 11.5 Å². The molecule has 1 amide bonds. The maximum atomic E-state index is 11.5. The van der Waals surface area contributed by atoms with E-state index in [4.69, 9.17) is 10.5 Å². The molecule has 1 aromatic carbocycles. The van der Waals surface area contributed by atoms with Gasteiger partial charge in [-0.05, 0) is 55.6 Å². The first-order valence-electron chi connectivity index (χ1n) is 8.98. The number of pyridine rings is 1. The van der Waals surface area contributed by atoms with Crippen LogP contribution in [-0.4, -0.2) is 42.5 Å². The van der Waals surface area contributed by atoms with Crippen molar-refractivity contribution in [3.05, 3.63) is 53.9 Å². The summed E-state index contributed by atoms with van der Waals surface area (Å²) in [4.78, 5) is 17.9. The average Bonchev–Trinajstić information content (AvgIpc) is 2.68. The summed E-state index contributed by atoms with van der Waals surface area (Å²) in [7, 11) is 1.69. The second kappa shape index (κ2) is 8.67. The van der Waals surface area contributed by atoms with Crippen LogP contribution in [0.1, 0.15) is 28.8 Å². The highest BCUT2D eigenvalue weighted by molar-refractivity contribution is 5.98. The average molecular weight is 354 g/mol. The predicted molar refractivity (Wildman–Crippen MR) is 102 cm³/mol. The van der Waals surface area contributed by atoms with Crippen molar-refractivity contribution in [3.8, 4) is 5.75 Å². The molecule has 1 aliphatic heterocycles. The van der Waals surface area contributed by atoms with Crippen LogP contribution in [0.2, 0.25) is 0 Å². The molecule has 0 bridgehead atoms. The van der Waals surface area contributed by atoms with Crippen molar-refractivity contribution in [2.45, 2.75) is 19.4 Å². The Kier molecular flexibility index (Phi) is 6.07. The molecule has 0 atom stereocenters. The van der Waals surface area contributed by atoms with Crippen molar-refractivity contribution in [2.24, 2.45) is 11.7 Å².